The maximum atomic E-state index is 12.4. The minimum atomic E-state index is 0.193. The van der Waals surface area contributed by atoms with E-state index in [-0.39, 0.29) is 5.91 Å². The Morgan fingerprint density at radius 2 is 2.29 bits per heavy atom. The molecule has 0 saturated heterocycles. The number of anilines is 1. The molecule has 0 bridgehead atoms. The van der Waals surface area contributed by atoms with Crippen LogP contribution in [0.4, 0.5) is 5.69 Å². The third kappa shape index (κ3) is 3.32. The van der Waals surface area contributed by atoms with Crippen LogP contribution in [-0.2, 0) is 17.8 Å². The molecule has 0 saturated carbocycles. The van der Waals surface area contributed by atoms with Crippen LogP contribution < -0.4 is 4.90 Å². The second kappa shape index (κ2) is 6.39. The Hall–Kier alpha value is -1.69. The zero-order valence-electron chi connectivity index (χ0n) is 11.7. The van der Waals surface area contributed by atoms with Gasteiger partial charge in [-0.15, -0.1) is 0 Å². The summed E-state index contributed by atoms with van der Waals surface area (Å²) in [6.45, 7) is 1.55. The van der Waals surface area contributed by atoms with E-state index in [4.69, 9.17) is 0 Å². The molecule has 2 heterocycles. The van der Waals surface area contributed by atoms with E-state index in [2.05, 4.69) is 32.1 Å². The van der Waals surface area contributed by atoms with Gasteiger partial charge in [0.15, 0.2) is 0 Å². The van der Waals surface area contributed by atoms with Gasteiger partial charge in [0.05, 0.1) is 0 Å². The first-order valence-corrected chi connectivity index (χ1v) is 7.94. The molecule has 0 unspecified atom stereocenters. The van der Waals surface area contributed by atoms with E-state index in [1.165, 1.54) is 11.9 Å². The molecule has 110 valence electrons. The van der Waals surface area contributed by atoms with E-state index < -0.39 is 0 Å². The minimum Gasteiger partial charge on any atom is -0.312 e. The number of halogens is 1. The number of carbonyl (C=O) groups excluding carboxylic acids is 1. The van der Waals surface area contributed by atoms with Gasteiger partial charge < -0.3 is 4.90 Å². The fourth-order valence-electron chi connectivity index (χ4n) is 2.70. The van der Waals surface area contributed by atoms with Crippen molar-refractivity contribution in [1.82, 2.24) is 14.8 Å². The average Bonchev–Trinajstić information content (AvgIpc) is 2.99. The maximum Gasteiger partial charge on any atom is 0.227 e. The number of nitrogens with zero attached hydrogens (tertiary/aromatic N) is 4. The van der Waals surface area contributed by atoms with E-state index in [1.807, 2.05) is 17.0 Å². The van der Waals surface area contributed by atoms with Gasteiger partial charge in [-0.3, -0.25) is 9.48 Å². The highest BCUT2D eigenvalue weighted by atomic mass is 79.9. The molecule has 0 fully saturated rings. The van der Waals surface area contributed by atoms with Crippen LogP contribution in [-0.4, -0.2) is 27.2 Å². The second-order valence-electron chi connectivity index (χ2n) is 5.18. The van der Waals surface area contributed by atoms with E-state index in [1.54, 1.807) is 11.0 Å². The van der Waals surface area contributed by atoms with Crippen LogP contribution in [0.15, 0.2) is 35.3 Å². The zero-order valence-corrected chi connectivity index (χ0v) is 13.3. The van der Waals surface area contributed by atoms with Crippen molar-refractivity contribution in [1.29, 1.82) is 0 Å². The van der Waals surface area contributed by atoms with Gasteiger partial charge in [0.2, 0.25) is 5.91 Å². The van der Waals surface area contributed by atoms with Crippen LogP contribution in [0.25, 0.3) is 0 Å². The maximum absolute atomic E-state index is 12.4. The van der Waals surface area contributed by atoms with Gasteiger partial charge >= 0.3 is 0 Å². The summed E-state index contributed by atoms with van der Waals surface area (Å²) in [6.07, 6.45) is 6.58. The lowest BCUT2D eigenvalue weighted by atomic mass is 10.0. The molecule has 0 N–H and O–H groups in total. The Balaban J connectivity index is 1.63. The number of aryl methyl sites for hydroxylation is 2. The van der Waals surface area contributed by atoms with Crippen molar-refractivity contribution in [3.63, 3.8) is 0 Å². The van der Waals surface area contributed by atoms with Crippen molar-refractivity contribution in [2.45, 2.75) is 32.2 Å². The lowest BCUT2D eigenvalue weighted by molar-refractivity contribution is -0.118. The average molecular weight is 349 g/mol. The Kier molecular flexibility index (Phi) is 4.34. The van der Waals surface area contributed by atoms with Crippen molar-refractivity contribution >= 4 is 27.5 Å². The molecule has 5 nitrogen and oxygen atoms in total. The third-order valence-corrected chi connectivity index (χ3v) is 4.20. The smallest absolute Gasteiger partial charge is 0.227 e. The minimum absolute atomic E-state index is 0.193. The number of amides is 1. The molecule has 21 heavy (non-hydrogen) atoms. The highest BCUT2D eigenvalue weighted by molar-refractivity contribution is 9.10. The van der Waals surface area contributed by atoms with Gasteiger partial charge in [0.1, 0.15) is 12.7 Å². The molecular formula is C15H17BrN4O. The van der Waals surface area contributed by atoms with Crippen LogP contribution in [0, 0.1) is 0 Å². The van der Waals surface area contributed by atoms with Gasteiger partial charge in [0.25, 0.3) is 0 Å². The molecule has 0 aliphatic carbocycles. The summed E-state index contributed by atoms with van der Waals surface area (Å²) < 4.78 is 2.83. The van der Waals surface area contributed by atoms with Gasteiger partial charge in [-0.05, 0) is 43.0 Å². The number of fused-ring (bicyclic) bond motifs is 1. The van der Waals surface area contributed by atoms with E-state index >= 15 is 0 Å². The molecule has 1 aliphatic rings. The second-order valence-corrected chi connectivity index (χ2v) is 6.10. The van der Waals surface area contributed by atoms with E-state index in [9.17, 15) is 4.79 Å². The van der Waals surface area contributed by atoms with Crippen LogP contribution in [0.3, 0.4) is 0 Å². The molecular weight excluding hydrogens is 332 g/mol. The first kappa shape index (κ1) is 14.3. The summed E-state index contributed by atoms with van der Waals surface area (Å²) in [5.74, 6) is 0.193. The number of carbonyl (C=O) groups is 1. The van der Waals surface area contributed by atoms with Crippen LogP contribution in [0.1, 0.15) is 24.8 Å². The van der Waals surface area contributed by atoms with Gasteiger partial charge in [-0.2, -0.15) is 5.10 Å². The molecule has 0 spiro atoms. The molecule has 1 aliphatic heterocycles. The number of aromatic nitrogens is 3. The number of hydrogen-bond acceptors (Lipinski definition) is 3. The standard InChI is InChI=1S/C15H17BrN4O/c16-13-5-6-14-12(9-13)3-1-8-20(14)15(21)4-2-7-19-11-17-10-18-19/h5-6,9-11H,1-4,7-8H2. The van der Waals surface area contributed by atoms with Gasteiger partial charge in [-0.25, -0.2) is 4.98 Å². The third-order valence-electron chi connectivity index (χ3n) is 3.71. The normalized spacial score (nSPS) is 14.0. The fourth-order valence-corrected chi connectivity index (χ4v) is 3.11. The summed E-state index contributed by atoms with van der Waals surface area (Å²) in [7, 11) is 0. The Labute approximate surface area is 132 Å². The molecule has 1 aromatic carbocycles. The first-order chi connectivity index (χ1) is 10.2. The lowest BCUT2D eigenvalue weighted by Gasteiger charge is -2.29. The first-order valence-electron chi connectivity index (χ1n) is 7.15. The summed E-state index contributed by atoms with van der Waals surface area (Å²) in [6, 6.07) is 6.15. The van der Waals surface area contributed by atoms with Crippen molar-refractivity contribution in [3.8, 4) is 0 Å². The molecule has 1 amide bonds. The van der Waals surface area contributed by atoms with Crippen LogP contribution in [0.5, 0.6) is 0 Å². The molecule has 3 rings (SSSR count). The fraction of sp³-hybridized carbons (Fsp3) is 0.400. The molecule has 2 aromatic rings. The van der Waals surface area contributed by atoms with E-state index in [0.717, 1.165) is 42.5 Å². The van der Waals surface area contributed by atoms with Crippen LogP contribution >= 0.6 is 15.9 Å². The predicted octanol–water partition coefficient (Wildman–Crippen LogP) is 2.80. The van der Waals surface area contributed by atoms with Gasteiger partial charge in [0, 0.05) is 29.7 Å². The van der Waals surface area contributed by atoms with Crippen molar-refractivity contribution < 1.29 is 4.79 Å². The molecule has 0 radical (unpaired) electrons. The lowest BCUT2D eigenvalue weighted by Crippen LogP contribution is -2.35. The zero-order chi connectivity index (χ0) is 14.7. The van der Waals surface area contributed by atoms with Crippen LogP contribution in [0.2, 0.25) is 0 Å². The monoisotopic (exact) mass is 348 g/mol. The summed E-state index contributed by atoms with van der Waals surface area (Å²) in [5, 5.41) is 4.05. The number of hydrogen-bond donors (Lipinski definition) is 0. The largest absolute Gasteiger partial charge is 0.312 e. The summed E-state index contributed by atoms with van der Waals surface area (Å²) in [5.41, 5.74) is 2.32. The molecule has 6 heteroatoms. The van der Waals surface area contributed by atoms with Crippen molar-refractivity contribution in [2.24, 2.45) is 0 Å². The quantitative estimate of drug-likeness (QED) is 0.853. The summed E-state index contributed by atoms with van der Waals surface area (Å²) in [4.78, 5) is 18.3. The Morgan fingerprint density at radius 1 is 1.38 bits per heavy atom. The highest BCUT2D eigenvalue weighted by Crippen LogP contribution is 2.30. The highest BCUT2D eigenvalue weighted by Gasteiger charge is 2.22. The summed E-state index contributed by atoms with van der Waals surface area (Å²) >= 11 is 3.49. The van der Waals surface area contributed by atoms with Crippen molar-refractivity contribution in [3.05, 3.63) is 40.9 Å². The SMILES string of the molecule is O=C(CCCn1cncn1)N1CCCc2cc(Br)ccc21. The predicted molar refractivity (Wildman–Crippen MR) is 84.1 cm³/mol. The van der Waals surface area contributed by atoms with Gasteiger partial charge in [-0.1, -0.05) is 15.9 Å². The van der Waals surface area contributed by atoms with E-state index in [0.29, 0.717) is 6.42 Å². The topological polar surface area (TPSA) is 51.0 Å². The van der Waals surface area contributed by atoms with Crippen molar-refractivity contribution in [2.75, 3.05) is 11.4 Å². The molecule has 0 atom stereocenters. The number of rotatable bonds is 4. The number of benzene rings is 1. The molecule has 1 aromatic heterocycles. The Bertz CT molecular complexity index is 627. The Morgan fingerprint density at radius 3 is 3.10 bits per heavy atom.